The first kappa shape index (κ1) is 25.2. The van der Waals surface area contributed by atoms with Crippen LogP contribution in [0.25, 0.3) is 0 Å². The minimum absolute atomic E-state index is 0.330. The van der Waals surface area contributed by atoms with E-state index < -0.39 is 30.3 Å². The highest BCUT2D eigenvalue weighted by Crippen LogP contribution is 2.44. The zero-order chi connectivity index (χ0) is 24.9. The van der Waals surface area contributed by atoms with Crippen LogP contribution in [0, 0.1) is 0 Å². The molecule has 35 heavy (non-hydrogen) atoms. The number of halogens is 2. The SMILES string of the molecule is CCCC(C(=O)O)N1C(=O)[C@H](Cc2ccccc2)O[C@@H](c2ccc(Cl)cc2)[C@H]1c1ccc(Cl)cc1. The Labute approximate surface area is 215 Å². The summed E-state index contributed by atoms with van der Waals surface area (Å²) in [6.07, 6.45) is -0.147. The molecule has 7 heteroatoms. The number of nitrogens with zero attached hydrogens (tertiary/aromatic N) is 1. The second-order valence-electron chi connectivity index (χ2n) is 8.67. The van der Waals surface area contributed by atoms with Crippen molar-refractivity contribution in [2.75, 3.05) is 0 Å². The summed E-state index contributed by atoms with van der Waals surface area (Å²) in [7, 11) is 0. The fourth-order valence-electron chi connectivity index (χ4n) is 4.63. The van der Waals surface area contributed by atoms with E-state index in [0.717, 1.165) is 16.7 Å². The number of morpholine rings is 1. The molecule has 1 N–H and O–H groups in total. The van der Waals surface area contributed by atoms with Crippen LogP contribution >= 0.6 is 23.2 Å². The highest BCUT2D eigenvalue weighted by molar-refractivity contribution is 6.30. The Morgan fingerprint density at radius 1 is 0.943 bits per heavy atom. The standard InChI is InChI=1S/C28H27Cl2NO4/c1-2-6-23(28(33)34)31-25(19-9-13-21(29)14-10-19)26(20-11-15-22(30)16-12-20)35-24(27(31)32)17-18-7-4-3-5-8-18/h3-5,7-16,23-26H,2,6,17H2,1H3,(H,33,34)/t23?,24-,25+,26-/m0/s1. The number of hydrogen-bond donors (Lipinski definition) is 1. The summed E-state index contributed by atoms with van der Waals surface area (Å²) in [6, 6.07) is 22.3. The smallest absolute Gasteiger partial charge is 0.326 e. The van der Waals surface area contributed by atoms with E-state index in [9.17, 15) is 14.7 Å². The summed E-state index contributed by atoms with van der Waals surface area (Å²) in [4.78, 5) is 27.9. The highest BCUT2D eigenvalue weighted by Gasteiger charge is 2.48. The van der Waals surface area contributed by atoms with E-state index in [1.54, 1.807) is 24.3 Å². The fraction of sp³-hybridized carbons (Fsp3) is 0.286. The summed E-state index contributed by atoms with van der Waals surface area (Å²) in [5, 5.41) is 11.3. The summed E-state index contributed by atoms with van der Waals surface area (Å²) in [5.74, 6) is -1.37. The monoisotopic (exact) mass is 511 g/mol. The number of amides is 1. The molecular weight excluding hydrogens is 485 g/mol. The number of carbonyl (C=O) groups is 2. The first-order chi connectivity index (χ1) is 16.9. The maximum Gasteiger partial charge on any atom is 0.326 e. The number of ether oxygens (including phenoxy) is 1. The molecule has 0 aliphatic carbocycles. The zero-order valence-corrected chi connectivity index (χ0v) is 20.8. The maximum atomic E-state index is 13.9. The number of hydrogen-bond acceptors (Lipinski definition) is 3. The van der Waals surface area contributed by atoms with Crippen LogP contribution < -0.4 is 0 Å². The number of carboxylic acid groups (broad SMARTS) is 1. The van der Waals surface area contributed by atoms with Gasteiger partial charge in [-0.1, -0.05) is 91.1 Å². The fourth-order valence-corrected chi connectivity index (χ4v) is 4.89. The summed E-state index contributed by atoms with van der Waals surface area (Å²) >= 11 is 12.3. The number of carbonyl (C=O) groups excluding carboxylic acids is 1. The predicted molar refractivity (Wildman–Crippen MR) is 137 cm³/mol. The molecule has 3 aromatic rings. The average molecular weight is 512 g/mol. The van der Waals surface area contributed by atoms with E-state index >= 15 is 0 Å². The molecule has 1 amide bonds. The minimum Gasteiger partial charge on any atom is -0.480 e. The molecule has 3 aromatic carbocycles. The molecule has 1 saturated heterocycles. The Bertz CT molecular complexity index is 1150. The molecule has 1 fully saturated rings. The van der Waals surface area contributed by atoms with Crippen LogP contribution in [0.1, 0.15) is 48.6 Å². The van der Waals surface area contributed by atoms with Crippen LogP contribution in [0.2, 0.25) is 10.0 Å². The molecule has 0 saturated carbocycles. The molecule has 0 radical (unpaired) electrons. The van der Waals surface area contributed by atoms with Crippen molar-refractivity contribution < 1.29 is 19.4 Å². The van der Waals surface area contributed by atoms with Gasteiger partial charge in [0, 0.05) is 16.5 Å². The van der Waals surface area contributed by atoms with Crippen molar-refractivity contribution in [2.45, 2.75) is 50.5 Å². The number of aliphatic carboxylic acids is 1. The second-order valence-corrected chi connectivity index (χ2v) is 9.54. The van der Waals surface area contributed by atoms with Gasteiger partial charge in [0.1, 0.15) is 18.2 Å². The largest absolute Gasteiger partial charge is 0.480 e. The van der Waals surface area contributed by atoms with Gasteiger partial charge in [-0.25, -0.2) is 4.79 Å². The minimum atomic E-state index is -1.03. The van der Waals surface area contributed by atoms with Crippen molar-refractivity contribution in [3.63, 3.8) is 0 Å². The van der Waals surface area contributed by atoms with E-state index in [1.165, 1.54) is 4.90 Å². The Kier molecular flexibility index (Phi) is 8.11. The first-order valence-electron chi connectivity index (χ1n) is 11.6. The van der Waals surface area contributed by atoms with Crippen LogP contribution in [0.15, 0.2) is 78.9 Å². The van der Waals surface area contributed by atoms with Gasteiger partial charge in [-0.15, -0.1) is 0 Å². The third-order valence-electron chi connectivity index (χ3n) is 6.28. The topological polar surface area (TPSA) is 66.8 Å². The Hall–Kier alpha value is -2.86. The summed E-state index contributed by atoms with van der Waals surface area (Å²) < 4.78 is 6.50. The van der Waals surface area contributed by atoms with E-state index in [0.29, 0.717) is 29.3 Å². The third-order valence-corrected chi connectivity index (χ3v) is 6.79. The number of benzene rings is 3. The number of rotatable bonds is 8. The van der Waals surface area contributed by atoms with Gasteiger partial charge in [-0.3, -0.25) is 4.79 Å². The van der Waals surface area contributed by atoms with Crippen LogP contribution in [0.5, 0.6) is 0 Å². The van der Waals surface area contributed by atoms with Gasteiger partial charge >= 0.3 is 5.97 Å². The Morgan fingerprint density at radius 2 is 1.51 bits per heavy atom. The Morgan fingerprint density at radius 3 is 2.06 bits per heavy atom. The third kappa shape index (κ3) is 5.69. The molecule has 4 rings (SSSR count). The molecule has 4 atom stereocenters. The van der Waals surface area contributed by atoms with Crippen molar-refractivity contribution in [3.05, 3.63) is 106 Å². The van der Waals surface area contributed by atoms with Crippen LogP contribution in [0.3, 0.4) is 0 Å². The van der Waals surface area contributed by atoms with Crippen molar-refractivity contribution in [2.24, 2.45) is 0 Å². The first-order valence-corrected chi connectivity index (χ1v) is 12.4. The molecule has 1 aliphatic heterocycles. The lowest BCUT2D eigenvalue weighted by Crippen LogP contribution is -2.57. The van der Waals surface area contributed by atoms with E-state index in [2.05, 4.69) is 0 Å². The van der Waals surface area contributed by atoms with E-state index in [4.69, 9.17) is 27.9 Å². The van der Waals surface area contributed by atoms with Gasteiger partial charge in [0.25, 0.3) is 5.91 Å². The van der Waals surface area contributed by atoms with Crippen molar-refractivity contribution in [3.8, 4) is 0 Å². The maximum absolute atomic E-state index is 13.9. The van der Waals surface area contributed by atoms with Crippen LogP contribution in [0.4, 0.5) is 0 Å². The molecule has 1 unspecified atom stereocenters. The van der Waals surface area contributed by atoms with Gasteiger partial charge in [0.05, 0.1) is 6.04 Å². The molecule has 5 nitrogen and oxygen atoms in total. The van der Waals surface area contributed by atoms with Gasteiger partial charge in [0.2, 0.25) is 0 Å². The normalized spacial score (nSPS) is 21.1. The summed E-state index contributed by atoms with van der Waals surface area (Å²) in [6.45, 7) is 1.91. The predicted octanol–water partition coefficient (Wildman–Crippen LogP) is 6.50. The lowest BCUT2D eigenvalue weighted by Gasteiger charge is -2.47. The molecule has 1 heterocycles. The second kappa shape index (κ2) is 11.3. The molecule has 0 aromatic heterocycles. The molecule has 1 aliphatic rings. The van der Waals surface area contributed by atoms with Crippen molar-refractivity contribution in [1.29, 1.82) is 0 Å². The lowest BCUT2D eigenvalue weighted by atomic mass is 9.88. The van der Waals surface area contributed by atoms with Gasteiger partial charge in [-0.2, -0.15) is 0 Å². The zero-order valence-electron chi connectivity index (χ0n) is 19.3. The van der Waals surface area contributed by atoms with E-state index in [1.807, 2.05) is 61.5 Å². The van der Waals surface area contributed by atoms with Gasteiger partial charge in [-0.05, 0) is 47.4 Å². The lowest BCUT2D eigenvalue weighted by molar-refractivity contribution is -0.184. The molecular formula is C28H27Cl2NO4. The van der Waals surface area contributed by atoms with Gasteiger partial charge < -0.3 is 14.7 Å². The Balaban J connectivity index is 1.85. The van der Waals surface area contributed by atoms with Gasteiger partial charge in [0.15, 0.2) is 0 Å². The van der Waals surface area contributed by atoms with E-state index in [-0.39, 0.29) is 5.91 Å². The quantitative estimate of drug-likeness (QED) is 0.374. The highest BCUT2D eigenvalue weighted by atomic mass is 35.5. The van der Waals surface area contributed by atoms with Crippen molar-refractivity contribution >= 4 is 35.1 Å². The molecule has 182 valence electrons. The molecule has 0 spiro atoms. The number of carboxylic acids is 1. The van der Waals surface area contributed by atoms with Crippen LogP contribution in [-0.4, -0.2) is 34.0 Å². The van der Waals surface area contributed by atoms with Crippen LogP contribution in [-0.2, 0) is 20.7 Å². The summed E-state index contributed by atoms with van der Waals surface area (Å²) in [5.41, 5.74) is 2.50. The average Bonchev–Trinajstić information content (AvgIpc) is 2.85. The molecule has 0 bridgehead atoms. The van der Waals surface area contributed by atoms with Crippen molar-refractivity contribution in [1.82, 2.24) is 4.90 Å².